The van der Waals surface area contributed by atoms with Gasteiger partial charge in [-0.3, -0.25) is 5.43 Å². The number of rotatable bonds is 4. The van der Waals surface area contributed by atoms with Crippen molar-refractivity contribution in [3.05, 3.63) is 23.8 Å². The summed E-state index contributed by atoms with van der Waals surface area (Å²) in [5.74, 6) is 5.36. The summed E-state index contributed by atoms with van der Waals surface area (Å²) in [7, 11) is 0. The number of nitrogens with two attached hydrogens (primary N) is 1. The highest BCUT2D eigenvalue weighted by molar-refractivity contribution is 7.22. The highest BCUT2D eigenvalue weighted by Gasteiger charge is 2.06. The Labute approximate surface area is 93.3 Å². The number of hydrogen-bond acceptors (Lipinski definition) is 4. The molecule has 0 saturated carbocycles. The average molecular weight is 221 g/mol. The van der Waals surface area contributed by atoms with Gasteiger partial charge in [-0.15, -0.1) is 0 Å². The Kier molecular flexibility index (Phi) is 3.18. The van der Waals surface area contributed by atoms with E-state index >= 15 is 0 Å². The molecule has 0 radical (unpaired) electrons. The van der Waals surface area contributed by atoms with Crippen LogP contribution in [0.2, 0.25) is 0 Å². The van der Waals surface area contributed by atoms with Gasteiger partial charge in [0.2, 0.25) is 0 Å². The van der Waals surface area contributed by atoms with Crippen molar-refractivity contribution in [2.24, 2.45) is 5.84 Å². The number of hydrogen-bond donors (Lipinski definition) is 2. The number of nitrogens with zero attached hydrogens (tertiary/aromatic N) is 1. The molecule has 0 aliphatic rings. The number of aryl methyl sites for hydroxylation is 1. The van der Waals surface area contributed by atoms with Crippen LogP contribution in [0.4, 0.5) is 5.13 Å². The van der Waals surface area contributed by atoms with E-state index in [1.54, 1.807) is 11.3 Å². The molecule has 0 bridgehead atoms. The molecular weight excluding hydrogens is 206 g/mol. The molecule has 3 nitrogen and oxygen atoms in total. The third-order valence-corrected chi connectivity index (χ3v) is 3.38. The molecule has 1 heterocycles. The molecule has 0 unspecified atom stereocenters. The Morgan fingerprint density at radius 2 is 2.33 bits per heavy atom. The van der Waals surface area contributed by atoms with Crippen molar-refractivity contribution in [1.82, 2.24) is 4.98 Å². The van der Waals surface area contributed by atoms with Gasteiger partial charge in [-0.1, -0.05) is 36.8 Å². The lowest BCUT2D eigenvalue weighted by Crippen LogP contribution is -2.05. The first-order valence-electron chi connectivity index (χ1n) is 5.20. The molecule has 0 aliphatic heterocycles. The van der Waals surface area contributed by atoms with Crippen LogP contribution in [0.5, 0.6) is 0 Å². The zero-order valence-electron chi connectivity index (χ0n) is 8.79. The van der Waals surface area contributed by atoms with Gasteiger partial charge in [0.1, 0.15) is 0 Å². The van der Waals surface area contributed by atoms with Crippen molar-refractivity contribution < 1.29 is 0 Å². The summed E-state index contributed by atoms with van der Waals surface area (Å²) in [5, 5.41) is 0.786. The largest absolute Gasteiger partial charge is 0.300 e. The molecule has 15 heavy (non-hydrogen) atoms. The molecule has 4 heteroatoms. The molecule has 1 aromatic heterocycles. The maximum Gasteiger partial charge on any atom is 0.198 e. The highest BCUT2D eigenvalue weighted by atomic mass is 32.1. The molecular formula is C11H15N3S. The summed E-state index contributed by atoms with van der Waals surface area (Å²) in [6.45, 7) is 2.20. The molecule has 0 spiro atoms. The summed E-state index contributed by atoms with van der Waals surface area (Å²) in [5.41, 5.74) is 5.03. The van der Waals surface area contributed by atoms with Crippen molar-refractivity contribution in [2.45, 2.75) is 26.2 Å². The minimum absolute atomic E-state index is 0.786. The zero-order chi connectivity index (χ0) is 10.7. The molecule has 3 N–H and O–H groups in total. The van der Waals surface area contributed by atoms with Crippen molar-refractivity contribution in [3.8, 4) is 0 Å². The van der Waals surface area contributed by atoms with E-state index in [-0.39, 0.29) is 0 Å². The lowest BCUT2D eigenvalue weighted by atomic mass is 10.1. The van der Waals surface area contributed by atoms with E-state index in [0.29, 0.717) is 0 Å². The summed E-state index contributed by atoms with van der Waals surface area (Å²) in [4.78, 5) is 4.47. The number of fused-ring (bicyclic) bond motifs is 1. The van der Waals surface area contributed by atoms with Crippen LogP contribution in [0.3, 0.4) is 0 Å². The third-order valence-electron chi connectivity index (χ3n) is 2.43. The van der Waals surface area contributed by atoms with Gasteiger partial charge in [0.05, 0.1) is 10.2 Å². The van der Waals surface area contributed by atoms with Crippen molar-refractivity contribution in [2.75, 3.05) is 5.43 Å². The molecule has 0 aliphatic carbocycles. The van der Waals surface area contributed by atoms with E-state index in [2.05, 4.69) is 35.5 Å². The second-order valence-corrected chi connectivity index (χ2v) is 4.56. The van der Waals surface area contributed by atoms with Gasteiger partial charge in [-0.05, 0) is 24.5 Å². The fraction of sp³-hybridized carbons (Fsp3) is 0.364. The number of para-hydroxylation sites is 1. The maximum absolute atomic E-state index is 5.36. The van der Waals surface area contributed by atoms with E-state index in [1.165, 1.54) is 23.1 Å². The second-order valence-electron chi connectivity index (χ2n) is 3.53. The Morgan fingerprint density at radius 1 is 1.47 bits per heavy atom. The quantitative estimate of drug-likeness (QED) is 0.616. The zero-order valence-corrected chi connectivity index (χ0v) is 9.60. The van der Waals surface area contributed by atoms with Crippen LogP contribution in [0.25, 0.3) is 10.2 Å². The van der Waals surface area contributed by atoms with Gasteiger partial charge < -0.3 is 0 Å². The van der Waals surface area contributed by atoms with Crippen LogP contribution in [-0.2, 0) is 6.42 Å². The number of benzene rings is 1. The van der Waals surface area contributed by atoms with Gasteiger partial charge in [-0.2, -0.15) is 0 Å². The standard InChI is InChI=1S/C11H15N3S/c1-2-3-5-8-6-4-7-9-10(8)13-11(14-12)15-9/h4,6-7H,2-3,5,12H2,1H3,(H,13,14). The SMILES string of the molecule is CCCCc1cccc2sc(NN)nc12. The van der Waals surface area contributed by atoms with Crippen molar-refractivity contribution >= 4 is 26.7 Å². The number of hydrazine groups is 1. The lowest BCUT2D eigenvalue weighted by Gasteiger charge is -1.99. The van der Waals surface area contributed by atoms with Crippen LogP contribution < -0.4 is 11.3 Å². The molecule has 80 valence electrons. The Balaban J connectivity index is 2.40. The predicted molar refractivity (Wildman–Crippen MR) is 66.0 cm³/mol. The Bertz CT molecular complexity index is 450. The Hall–Kier alpha value is -1.13. The van der Waals surface area contributed by atoms with E-state index in [4.69, 9.17) is 5.84 Å². The molecule has 2 aromatic rings. The van der Waals surface area contributed by atoms with Crippen molar-refractivity contribution in [1.29, 1.82) is 0 Å². The number of thiazole rings is 1. The van der Waals surface area contributed by atoms with Crippen LogP contribution in [0.1, 0.15) is 25.3 Å². The molecule has 2 rings (SSSR count). The molecule has 0 atom stereocenters. The van der Waals surface area contributed by atoms with Crippen LogP contribution >= 0.6 is 11.3 Å². The highest BCUT2D eigenvalue weighted by Crippen LogP contribution is 2.28. The van der Waals surface area contributed by atoms with Crippen LogP contribution in [0.15, 0.2) is 18.2 Å². The first-order valence-corrected chi connectivity index (χ1v) is 6.02. The first-order chi connectivity index (χ1) is 7.35. The van der Waals surface area contributed by atoms with E-state index in [0.717, 1.165) is 17.1 Å². The maximum atomic E-state index is 5.36. The normalized spacial score (nSPS) is 10.8. The van der Waals surface area contributed by atoms with Crippen LogP contribution in [0, 0.1) is 0 Å². The van der Waals surface area contributed by atoms with Gasteiger partial charge in [0.15, 0.2) is 5.13 Å². The number of nitrogen functional groups attached to an aromatic ring is 1. The minimum atomic E-state index is 0.786. The topological polar surface area (TPSA) is 50.9 Å². The number of nitrogens with one attached hydrogen (secondary N) is 1. The fourth-order valence-corrected chi connectivity index (χ4v) is 2.46. The van der Waals surface area contributed by atoms with Gasteiger partial charge in [0.25, 0.3) is 0 Å². The Morgan fingerprint density at radius 3 is 3.07 bits per heavy atom. The predicted octanol–water partition coefficient (Wildman–Crippen LogP) is 2.92. The van der Waals surface area contributed by atoms with Gasteiger partial charge in [-0.25, -0.2) is 10.8 Å². The minimum Gasteiger partial charge on any atom is -0.300 e. The number of unbranched alkanes of at least 4 members (excludes halogenated alkanes) is 1. The third kappa shape index (κ3) is 2.11. The summed E-state index contributed by atoms with van der Waals surface area (Å²) < 4.78 is 1.21. The smallest absolute Gasteiger partial charge is 0.198 e. The first kappa shape index (κ1) is 10.4. The molecule has 0 saturated heterocycles. The second kappa shape index (κ2) is 4.59. The number of aromatic nitrogens is 1. The molecule has 0 amide bonds. The number of anilines is 1. The lowest BCUT2D eigenvalue weighted by molar-refractivity contribution is 0.798. The van der Waals surface area contributed by atoms with Gasteiger partial charge >= 0.3 is 0 Å². The van der Waals surface area contributed by atoms with Crippen molar-refractivity contribution in [3.63, 3.8) is 0 Å². The van der Waals surface area contributed by atoms with E-state index in [1.807, 2.05) is 0 Å². The fourth-order valence-electron chi connectivity index (χ4n) is 1.64. The monoisotopic (exact) mass is 221 g/mol. The summed E-state index contributed by atoms with van der Waals surface area (Å²) in [6.07, 6.45) is 3.52. The average Bonchev–Trinajstić information content (AvgIpc) is 2.69. The van der Waals surface area contributed by atoms with Gasteiger partial charge in [0, 0.05) is 0 Å². The summed E-state index contributed by atoms with van der Waals surface area (Å²) >= 11 is 1.60. The van der Waals surface area contributed by atoms with E-state index < -0.39 is 0 Å². The van der Waals surface area contributed by atoms with E-state index in [9.17, 15) is 0 Å². The van der Waals surface area contributed by atoms with Crippen LogP contribution in [-0.4, -0.2) is 4.98 Å². The molecule has 1 aromatic carbocycles. The summed E-state index contributed by atoms with van der Waals surface area (Å²) in [6, 6.07) is 6.33. The molecule has 0 fully saturated rings.